The van der Waals surface area contributed by atoms with Gasteiger partial charge in [0.05, 0.1) is 12.1 Å². The van der Waals surface area contributed by atoms with Crippen LogP contribution in [-0.2, 0) is 6.54 Å². The molecule has 1 fully saturated rings. The monoisotopic (exact) mass is 373 g/mol. The van der Waals surface area contributed by atoms with Crippen LogP contribution >= 0.6 is 0 Å². The molecule has 1 aliphatic carbocycles. The van der Waals surface area contributed by atoms with Crippen molar-refractivity contribution >= 4 is 11.2 Å². The van der Waals surface area contributed by atoms with Crippen molar-refractivity contribution in [2.75, 3.05) is 0 Å². The molecular formula is C21H19N5O2. The number of aromatic nitrogens is 5. The summed E-state index contributed by atoms with van der Waals surface area (Å²) in [4.78, 5) is 28.7. The van der Waals surface area contributed by atoms with E-state index in [2.05, 4.69) is 21.9 Å². The number of imidazole rings is 1. The van der Waals surface area contributed by atoms with Crippen LogP contribution in [0.3, 0.4) is 0 Å². The van der Waals surface area contributed by atoms with Gasteiger partial charge in [-0.05, 0) is 37.5 Å². The second-order valence-corrected chi connectivity index (χ2v) is 7.32. The maximum Gasteiger partial charge on any atom is 0.258 e. The van der Waals surface area contributed by atoms with Crippen LogP contribution in [0.1, 0.15) is 25.3 Å². The number of rotatable bonds is 5. The first-order chi connectivity index (χ1) is 13.6. The molecule has 7 heteroatoms. The van der Waals surface area contributed by atoms with Gasteiger partial charge in [0.1, 0.15) is 17.8 Å². The minimum Gasteiger partial charge on any atom is -0.470 e. The Morgan fingerprint density at radius 3 is 2.71 bits per heavy atom. The van der Waals surface area contributed by atoms with Crippen molar-refractivity contribution in [3.63, 3.8) is 0 Å². The summed E-state index contributed by atoms with van der Waals surface area (Å²) in [7, 11) is 0. The summed E-state index contributed by atoms with van der Waals surface area (Å²) in [6.45, 7) is 2.60. The van der Waals surface area contributed by atoms with E-state index in [0.717, 1.165) is 18.4 Å². The zero-order valence-corrected chi connectivity index (χ0v) is 15.4. The molecule has 140 valence electrons. The lowest BCUT2D eigenvalue weighted by molar-refractivity contribution is 0.194. The van der Waals surface area contributed by atoms with Crippen molar-refractivity contribution in [2.24, 2.45) is 0 Å². The van der Waals surface area contributed by atoms with Crippen LogP contribution in [0, 0.1) is 0 Å². The number of benzene rings is 1. The Bertz CT molecular complexity index is 1210. The predicted molar refractivity (Wildman–Crippen MR) is 105 cm³/mol. The number of hydrogen-bond acceptors (Lipinski definition) is 5. The standard InChI is InChI=1S/C21H19N5O2/c1-21(9-10-21)28-20-16-18(23-13-24-20)26(12-14-6-3-2-4-7-14)17(25-16)15-8-5-11-22-19(15)27/h2-8,11,13H,9-10,12H2,1H3,(H,22,27). The van der Waals surface area contributed by atoms with Crippen molar-refractivity contribution in [3.05, 3.63) is 70.9 Å². The molecule has 1 saturated carbocycles. The summed E-state index contributed by atoms with van der Waals surface area (Å²) in [5.74, 6) is 1.01. The van der Waals surface area contributed by atoms with Gasteiger partial charge in [0.25, 0.3) is 5.56 Å². The highest BCUT2D eigenvalue weighted by atomic mass is 16.5. The Balaban J connectivity index is 1.72. The number of hydrogen-bond donors (Lipinski definition) is 1. The fraction of sp³-hybridized carbons (Fsp3) is 0.238. The molecule has 28 heavy (non-hydrogen) atoms. The van der Waals surface area contributed by atoms with Gasteiger partial charge in [-0.25, -0.2) is 9.97 Å². The highest BCUT2D eigenvalue weighted by molar-refractivity contribution is 5.81. The molecule has 1 aliphatic rings. The first-order valence-corrected chi connectivity index (χ1v) is 9.25. The van der Waals surface area contributed by atoms with Crippen LogP contribution in [0.2, 0.25) is 0 Å². The lowest BCUT2D eigenvalue weighted by atomic mass is 10.2. The van der Waals surface area contributed by atoms with E-state index < -0.39 is 0 Å². The predicted octanol–water partition coefficient (Wildman–Crippen LogP) is 3.16. The molecular weight excluding hydrogens is 354 g/mol. The van der Waals surface area contributed by atoms with E-state index in [1.54, 1.807) is 18.3 Å². The first kappa shape index (κ1) is 16.7. The molecule has 4 aromatic rings. The van der Waals surface area contributed by atoms with E-state index in [1.165, 1.54) is 6.33 Å². The van der Waals surface area contributed by atoms with Crippen molar-refractivity contribution in [1.82, 2.24) is 24.5 Å². The molecule has 5 rings (SSSR count). The third-order valence-electron chi connectivity index (χ3n) is 5.04. The third-order valence-corrected chi connectivity index (χ3v) is 5.04. The largest absolute Gasteiger partial charge is 0.470 e. The number of aromatic amines is 1. The maximum atomic E-state index is 12.4. The SMILES string of the molecule is CC1(Oc2ncnc3c2nc(-c2ccc[nH]c2=O)n3Cc2ccccc2)CC1. The summed E-state index contributed by atoms with van der Waals surface area (Å²) in [6.07, 6.45) is 5.09. The molecule has 3 aromatic heterocycles. The molecule has 0 amide bonds. The fourth-order valence-electron chi connectivity index (χ4n) is 3.22. The van der Waals surface area contributed by atoms with Crippen LogP contribution in [0.15, 0.2) is 59.8 Å². The van der Waals surface area contributed by atoms with Crippen LogP contribution < -0.4 is 10.3 Å². The summed E-state index contributed by atoms with van der Waals surface area (Å²) < 4.78 is 8.04. The lowest BCUT2D eigenvalue weighted by Crippen LogP contribution is -2.13. The molecule has 0 saturated heterocycles. The van der Waals surface area contributed by atoms with Crippen molar-refractivity contribution in [3.8, 4) is 17.3 Å². The summed E-state index contributed by atoms with van der Waals surface area (Å²) in [5, 5.41) is 0. The van der Waals surface area contributed by atoms with Crippen LogP contribution in [0.4, 0.5) is 0 Å². The molecule has 1 N–H and O–H groups in total. The number of nitrogens with one attached hydrogen (secondary N) is 1. The lowest BCUT2D eigenvalue weighted by Gasteiger charge is -2.11. The minimum atomic E-state index is -0.197. The van der Waals surface area contributed by atoms with Crippen LogP contribution in [0.5, 0.6) is 5.88 Å². The van der Waals surface area contributed by atoms with Crippen LogP contribution in [0.25, 0.3) is 22.6 Å². The van der Waals surface area contributed by atoms with Gasteiger partial charge in [0, 0.05) is 6.20 Å². The van der Waals surface area contributed by atoms with Gasteiger partial charge < -0.3 is 14.3 Å². The van der Waals surface area contributed by atoms with Gasteiger partial charge in [0.15, 0.2) is 11.2 Å². The molecule has 0 atom stereocenters. The Morgan fingerprint density at radius 1 is 1.14 bits per heavy atom. The van der Waals surface area contributed by atoms with Crippen LogP contribution in [-0.4, -0.2) is 30.1 Å². The maximum absolute atomic E-state index is 12.4. The molecule has 0 radical (unpaired) electrons. The molecule has 0 spiro atoms. The van der Waals surface area contributed by atoms with E-state index in [-0.39, 0.29) is 11.2 Å². The van der Waals surface area contributed by atoms with Crippen molar-refractivity contribution in [1.29, 1.82) is 0 Å². The zero-order valence-electron chi connectivity index (χ0n) is 15.4. The highest BCUT2D eigenvalue weighted by Gasteiger charge is 2.41. The number of fused-ring (bicyclic) bond motifs is 1. The van der Waals surface area contributed by atoms with Gasteiger partial charge in [-0.2, -0.15) is 4.98 Å². The summed E-state index contributed by atoms with van der Waals surface area (Å²) in [6, 6.07) is 13.6. The average molecular weight is 373 g/mol. The third kappa shape index (κ3) is 2.94. The zero-order chi connectivity index (χ0) is 19.1. The fourth-order valence-corrected chi connectivity index (χ4v) is 3.22. The molecule has 1 aromatic carbocycles. The van der Waals surface area contributed by atoms with E-state index in [0.29, 0.717) is 35.0 Å². The number of nitrogens with zero attached hydrogens (tertiary/aromatic N) is 4. The van der Waals surface area contributed by atoms with Crippen molar-refractivity contribution in [2.45, 2.75) is 31.9 Å². The minimum absolute atomic E-state index is 0.186. The van der Waals surface area contributed by atoms with E-state index >= 15 is 0 Å². The Labute approximate surface area is 161 Å². The Morgan fingerprint density at radius 2 is 1.96 bits per heavy atom. The Hall–Kier alpha value is -3.48. The molecule has 0 aliphatic heterocycles. The number of H-pyrrole nitrogens is 1. The second-order valence-electron chi connectivity index (χ2n) is 7.32. The summed E-state index contributed by atoms with van der Waals surface area (Å²) in [5.41, 5.74) is 2.41. The molecule has 7 nitrogen and oxygen atoms in total. The van der Waals surface area contributed by atoms with Gasteiger partial charge in [0.2, 0.25) is 5.88 Å². The molecule has 0 unspecified atom stereocenters. The number of pyridine rings is 1. The van der Waals surface area contributed by atoms with Gasteiger partial charge in [-0.15, -0.1) is 0 Å². The van der Waals surface area contributed by atoms with Gasteiger partial charge in [-0.1, -0.05) is 30.3 Å². The normalized spacial score (nSPS) is 14.9. The number of ether oxygens (including phenoxy) is 1. The van der Waals surface area contributed by atoms with E-state index in [4.69, 9.17) is 9.72 Å². The van der Waals surface area contributed by atoms with E-state index in [1.807, 2.05) is 34.9 Å². The Kier molecular flexibility index (Phi) is 3.75. The average Bonchev–Trinajstić information content (AvgIpc) is 3.32. The second kappa shape index (κ2) is 6.30. The van der Waals surface area contributed by atoms with Crippen molar-refractivity contribution < 1.29 is 4.74 Å². The highest BCUT2D eigenvalue weighted by Crippen LogP contribution is 2.40. The summed E-state index contributed by atoms with van der Waals surface area (Å²) >= 11 is 0. The quantitative estimate of drug-likeness (QED) is 0.581. The molecule has 0 bridgehead atoms. The van der Waals surface area contributed by atoms with Gasteiger partial charge >= 0.3 is 0 Å². The van der Waals surface area contributed by atoms with Gasteiger partial charge in [-0.3, -0.25) is 4.79 Å². The molecule has 3 heterocycles. The first-order valence-electron chi connectivity index (χ1n) is 9.25. The van der Waals surface area contributed by atoms with E-state index in [9.17, 15) is 4.79 Å². The topological polar surface area (TPSA) is 85.7 Å². The smallest absolute Gasteiger partial charge is 0.258 e.